The highest BCUT2D eigenvalue weighted by molar-refractivity contribution is 6.32. The zero-order valence-electron chi connectivity index (χ0n) is 12.6. The van der Waals surface area contributed by atoms with Crippen LogP contribution in [0.1, 0.15) is 19.4 Å². The lowest BCUT2D eigenvalue weighted by molar-refractivity contribution is -0.117. The summed E-state index contributed by atoms with van der Waals surface area (Å²) in [6, 6.07) is 5.12. The molecule has 0 N–H and O–H groups in total. The molecule has 0 aliphatic rings. The van der Waals surface area contributed by atoms with Crippen LogP contribution in [0.15, 0.2) is 17.7 Å². The number of hydrogen-bond acceptors (Lipinski definition) is 4. The molecule has 0 amide bonds. The van der Waals surface area contributed by atoms with Crippen LogP contribution in [0.5, 0.6) is 11.5 Å². The van der Waals surface area contributed by atoms with Crippen molar-refractivity contribution in [2.24, 2.45) is 5.92 Å². The van der Waals surface area contributed by atoms with Gasteiger partial charge in [-0.05, 0) is 23.8 Å². The molecule has 0 saturated heterocycles. The third-order valence-electron chi connectivity index (χ3n) is 2.77. The average Bonchev–Trinajstić information content (AvgIpc) is 2.50. The van der Waals surface area contributed by atoms with Gasteiger partial charge in [0.15, 0.2) is 17.3 Å². The highest BCUT2D eigenvalue weighted by Crippen LogP contribution is 2.37. The van der Waals surface area contributed by atoms with E-state index in [4.69, 9.17) is 32.8 Å². The summed E-state index contributed by atoms with van der Waals surface area (Å²) in [4.78, 5) is 11.9. The van der Waals surface area contributed by atoms with Crippen LogP contribution in [-0.4, -0.2) is 19.5 Å². The first kappa shape index (κ1) is 17.6. The van der Waals surface area contributed by atoms with Crippen molar-refractivity contribution in [2.45, 2.75) is 13.8 Å². The lowest BCUT2D eigenvalue weighted by Crippen LogP contribution is -2.08. The van der Waals surface area contributed by atoms with E-state index in [1.54, 1.807) is 26.0 Å². The lowest BCUT2D eigenvalue weighted by Gasteiger charge is -2.12. The van der Waals surface area contributed by atoms with Gasteiger partial charge in [-0.3, -0.25) is 4.79 Å². The summed E-state index contributed by atoms with van der Waals surface area (Å²) in [6.45, 7) is 3.52. The first-order valence-electron chi connectivity index (χ1n) is 6.54. The van der Waals surface area contributed by atoms with Gasteiger partial charge in [-0.2, -0.15) is 5.26 Å². The normalized spacial score (nSPS) is 10.8. The highest BCUT2D eigenvalue weighted by Gasteiger charge is 2.15. The fourth-order valence-corrected chi connectivity index (χ4v) is 1.99. The van der Waals surface area contributed by atoms with Crippen molar-refractivity contribution >= 4 is 23.5 Å². The Kier molecular flexibility index (Phi) is 6.50. The number of halogens is 1. The van der Waals surface area contributed by atoms with Crippen molar-refractivity contribution in [1.82, 2.24) is 0 Å². The van der Waals surface area contributed by atoms with E-state index in [2.05, 4.69) is 5.92 Å². The van der Waals surface area contributed by atoms with Crippen molar-refractivity contribution in [3.05, 3.63) is 28.3 Å². The molecule has 5 heteroatoms. The monoisotopic (exact) mass is 317 g/mol. The first-order valence-corrected chi connectivity index (χ1v) is 6.92. The number of allylic oxidation sites excluding steroid dienone is 1. The summed E-state index contributed by atoms with van der Waals surface area (Å²) < 4.78 is 10.5. The molecule has 0 saturated carbocycles. The molecule has 0 bridgehead atoms. The van der Waals surface area contributed by atoms with Gasteiger partial charge in [-0.15, -0.1) is 6.42 Å². The van der Waals surface area contributed by atoms with Crippen LogP contribution in [0.25, 0.3) is 6.08 Å². The minimum Gasteiger partial charge on any atom is -0.493 e. The van der Waals surface area contributed by atoms with Gasteiger partial charge in [0.2, 0.25) is 0 Å². The molecule has 114 valence electrons. The van der Waals surface area contributed by atoms with Crippen molar-refractivity contribution in [3.8, 4) is 29.9 Å². The minimum atomic E-state index is -0.262. The third kappa shape index (κ3) is 4.28. The number of Topliss-reactive ketones (excluding diaryl/α,β-unsaturated/α-hetero) is 1. The largest absolute Gasteiger partial charge is 0.493 e. The Morgan fingerprint density at radius 3 is 2.68 bits per heavy atom. The molecule has 22 heavy (non-hydrogen) atoms. The summed E-state index contributed by atoms with van der Waals surface area (Å²) in [6.07, 6.45) is 6.63. The Labute approximate surface area is 135 Å². The molecule has 0 aromatic heterocycles. The predicted octanol–water partition coefficient (Wildman–Crippen LogP) is 3.49. The van der Waals surface area contributed by atoms with Crippen LogP contribution in [0, 0.1) is 29.6 Å². The molecule has 1 rings (SSSR count). The summed E-state index contributed by atoms with van der Waals surface area (Å²) in [5, 5.41) is 9.41. The topological polar surface area (TPSA) is 59.3 Å². The number of carbonyl (C=O) groups is 1. The summed E-state index contributed by atoms with van der Waals surface area (Å²) in [5.41, 5.74) is 0.630. The Morgan fingerprint density at radius 2 is 2.18 bits per heavy atom. The summed E-state index contributed by atoms with van der Waals surface area (Å²) in [7, 11) is 1.46. The number of terminal acetylenes is 1. The fraction of sp³-hybridized carbons (Fsp3) is 0.294. The highest BCUT2D eigenvalue weighted by atomic mass is 35.5. The van der Waals surface area contributed by atoms with Crippen LogP contribution >= 0.6 is 11.6 Å². The molecule has 0 atom stereocenters. The molecule has 1 aromatic rings. The number of nitrogens with zero attached hydrogens (tertiary/aromatic N) is 1. The average molecular weight is 318 g/mol. The van der Waals surface area contributed by atoms with E-state index in [-0.39, 0.29) is 28.9 Å². The van der Waals surface area contributed by atoms with E-state index >= 15 is 0 Å². The van der Waals surface area contributed by atoms with Crippen LogP contribution in [0.4, 0.5) is 0 Å². The van der Waals surface area contributed by atoms with Crippen molar-refractivity contribution < 1.29 is 14.3 Å². The van der Waals surface area contributed by atoms with Crippen LogP contribution in [0.2, 0.25) is 5.02 Å². The van der Waals surface area contributed by atoms with Crippen molar-refractivity contribution in [1.29, 1.82) is 5.26 Å². The van der Waals surface area contributed by atoms with E-state index in [1.165, 1.54) is 13.2 Å². The number of rotatable bonds is 6. The van der Waals surface area contributed by atoms with Crippen LogP contribution in [-0.2, 0) is 4.79 Å². The van der Waals surface area contributed by atoms with Gasteiger partial charge in [-0.1, -0.05) is 31.4 Å². The lowest BCUT2D eigenvalue weighted by atomic mass is 10.00. The van der Waals surface area contributed by atoms with Gasteiger partial charge in [0.25, 0.3) is 0 Å². The predicted molar refractivity (Wildman–Crippen MR) is 85.8 cm³/mol. The van der Waals surface area contributed by atoms with Crippen molar-refractivity contribution in [3.63, 3.8) is 0 Å². The number of nitriles is 1. The van der Waals surface area contributed by atoms with E-state index in [9.17, 15) is 4.79 Å². The number of methoxy groups -OCH3 is 1. The fourth-order valence-electron chi connectivity index (χ4n) is 1.71. The number of ether oxygens (including phenoxy) is 2. The Bertz CT molecular complexity index is 678. The minimum absolute atomic E-state index is 0.0561. The SMILES string of the molecule is C#CCOc1c(Cl)cc(/C=C(/C#N)C(=O)C(C)C)cc1OC. The Hall–Kier alpha value is -2.43. The van der Waals surface area contributed by atoms with Crippen LogP contribution in [0.3, 0.4) is 0 Å². The summed E-state index contributed by atoms with van der Waals surface area (Å²) >= 11 is 6.15. The van der Waals surface area contributed by atoms with Gasteiger partial charge >= 0.3 is 0 Å². The number of ketones is 1. The molecule has 4 nitrogen and oxygen atoms in total. The molecule has 0 aliphatic carbocycles. The van der Waals surface area contributed by atoms with Gasteiger partial charge in [0.05, 0.1) is 17.7 Å². The summed E-state index contributed by atoms with van der Waals surface area (Å²) in [5.74, 6) is 2.55. The molecular weight excluding hydrogens is 302 g/mol. The van der Waals surface area contributed by atoms with Crippen molar-refractivity contribution in [2.75, 3.05) is 13.7 Å². The Morgan fingerprint density at radius 1 is 1.50 bits per heavy atom. The second-order valence-corrected chi connectivity index (χ2v) is 5.12. The first-order chi connectivity index (χ1) is 10.4. The van der Waals surface area contributed by atoms with Gasteiger partial charge in [-0.25, -0.2) is 0 Å². The zero-order chi connectivity index (χ0) is 16.7. The van der Waals surface area contributed by atoms with Gasteiger partial charge < -0.3 is 9.47 Å². The number of carbonyl (C=O) groups excluding carboxylic acids is 1. The van der Waals surface area contributed by atoms with Gasteiger partial charge in [0.1, 0.15) is 12.7 Å². The molecular formula is C17H16ClNO3. The molecule has 0 spiro atoms. The Balaban J connectivity index is 3.28. The molecule has 0 unspecified atom stereocenters. The standard InChI is InChI=1S/C17H16ClNO3/c1-5-6-22-17-14(18)8-12(9-15(17)21-4)7-13(10-19)16(20)11(2)3/h1,7-9,11H,6H2,2-4H3/b13-7-. The van der Waals surface area contributed by atoms with E-state index in [0.29, 0.717) is 17.1 Å². The maximum atomic E-state index is 11.9. The number of benzene rings is 1. The molecule has 0 fully saturated rings. The second-order valence-electron chi connectivity index (χ2n) is 4.72. The smallest absolute Gasteiger partial charge is 0.181 e. The number of hydrogen-bond donors (Lipinski definition) is 0. The third-order valence-corrected chi connectivity index (χ3v) is 3.05. The van der Waals surface area contributed by atoms with E-state index in [1.807, 2.05) is 6.07 Å². The quantitative estimate of drug-likeness (QED) is 0.458. The second kappa shape index (κ2) is 8.12. The molecule has 1 aromatic carbocycles. The van der Waals surface area contributed by atoms with E-state index in [0.717, 1.165) is 0 Å². The maximum Gasteiger partial charge on any atom is 0.181 e. The van der Waals surface area contributed by atoms with E-state index < -0.39 is 0 Å². The van der Waals surface area contributed by atoms with Gasteiger partial charge in [0, 0.05) is 5.92 Å². The zero-order valence-corrected chi connectivity index (χ0v) is 13.4. The molecule has 0 radical (unpaired) electrons. The van der Waals surface area contributed by atoms with Crippen LogP contribution < -0.4 is 9.47 Å². The maximum absolute atomic E-state index is 11.9. The molecule has 0 heterocycles. The molecule has 0 aliphatic heterocycles.